The summed E-state index contributed by atoms with van der Waals surface area (Å²) in [6, 6.07) is 19.7. The average Bonchev–Trinajstić information content (AvgIpc) is 2.74. The van der Waals surface area contributed by atoms with E-state index in [2.05, 4.69) is 41.4 Å². The van der Waals surface area contributed by atoms with E-state index in [-0.39, 0.29) is 11.8 Å². The van der Waals surface area contributed by atoms with Crippen LogP contribution < -0.4 is 5.14 Å². The lowest BCUT2D eigenvalue weighted by Gasteiger charge is -2.37. The maximum atomic E-state index is 11.9. The largest absolute Gasteiger partial charge is 0.276 e. The van der Waals surface area contributed by atoms with E-state index >= 15 is 0 Å². The van der Waals surface area contributed by atoms with Gasteiger partial charge in [-0.05, 0) is 60.2 Å². The molecule has 0 radical (unpaired) electrons. The van der Waals surface area contributed by atoms with Crippen LogP contribution in [-0.4, -0.2) is 30.8 Å². The zero-order chi connectivity index (χ0) is 23.6. The van der Waals surface area contributed by atoms with Gasteiger partial charge in [0.2, 0.25) is 0 Å². The number of benzene rings is 2. The van der Waals surface area contributed by atoms with Crippen LogP contribution in [-0.2, 0) is 10.2 Å². The van der Waals surface area contributed by atoms with Gasteiger partial charge >= 0.3 is 0 Å². The number of nitrogens with two attached hydrogens (primary N) is 1. The van der Waals surface area contributed by atoms with Crippen LogP contribution in [0.4, 0.5) is 0 Å². The molecule has 1 aromatic heterocycles. The quantitative estimate of drug-likeness (QED) is 0.501. The Bertz CT molecular complexity index is 1240. The Kier molecular flexibility index (Phi) is 6.69. The molecule has 2 atom stereocenters. The van der Waals surface area contributed by atoms with E-state index in [0.717, 1.165) is 33.5 Å². The molecule has 0 bridgehead atoms. The van der Waals surface area contributed by atoms with E-state index < -0.39 is 16.3 Å². The SMILES string of the molecule is Cc1cc(C(C[C@H](c2ccc(C3CN(S(N)(=O)=O)C3)cc2)c2ccccc2C)N=O)ccn1. The van der Waals surface area contributed by atoms with Crippen LogP contribution >= 0.6 is 0 Å². The number of hydrogen-bond donors (Lipinski definition) is 1. The number of aryl methyl sites for hydroxylation is 2. The second kappa shape index (κ2) is 9.51. The smallest absolute Gasteiger partial charge is 0.262 e. The predicted molar refractivity (Wildman–Crippen MR) is 129 cm³/mol. The van der Waals surface area contributed by atoms with Crippen LogP contribution in [0, 0.1) is 18.8 Å². The van der Waals surface area contributed by atoms with E-state index in [0.29, 0.717) is 19.5 Å². The Morgan fingerprint density at radius 1 is 1.06 bits per heavy atom. The van der Waals surface area contributed by atoms with Crippen molar-refractivity contribution in [2.75, 3.05) is 13.1 Å². The van der Waals surface area contributed by atoms with Gasteiger partial charge in [0.1, 0.15) is 6.04 Å². The molecule has 2 N–H and O–H groups in total. The average molecular weight is 465 g/mol. The Balaban J connectivity index is 1.62. The van der Waals surface area contributed by atoms with Crippen molar-refractivity contribution in [3.8, 4) is 0 Å². The lowest BCUT2D eigenvalue weighted by molar-refractivity contribution is 0.264. The van der Waals surface area contributed by atoms with Gasteiger partial charge in [-0.2, -0.15) is 17.6 Å². The van der Waals surface area contributed by atoms with E-state index in [1.807, 2.05) is 43.3 Å². The lowest BCUT2D eigenvalue weighted by atomic mass is 9.81. The van der Waals surface area contributed by atoms with Crippen LogP contribution in [0.1, 0.15) is 57.8 Å². The number of rotatable bonds is 8. The fourth-order valence-corrected chi connectivity index (χ4v) is 5.29. The van der Waals surface area contributed by atoms with Crippen LogP contribution in [0.5, 0.6) is 0 Å². The first-order valence-electron chi connectivity index (χ1n) is 10.9. The van der Waals surface area contributed by atoms with Crippen molar-refractivity contribution in [2.24, 2.45) is 10.3 Å². The number of pyridine rings is 1. The minimum absolute atomic E-state index is 0.0151. The molecule has 8 heteroatoms. The summed E-state index contributed by atoms with van der Waals surface area (Å²) in [5.74, 6) is 0.122. The normalized spacial score (nSPS) is 16.7. The number of hydrogen-bond acceptors (Lipinski definition) is 5. The number of nitroso groups, excluding NO2 is 1. The number of aromatic nitrogens is 1. The molecular weight excluding hydrogens is 436 g/mol. The Labute approximate surface area is 194 Å². The third kappa shape index (κ3) is 5.19. The highest BCUT2D eigenvalue weighted by molar-refractivity contribution is 7.86. The topological polar surface area (TPSA) is 106 Å². The summed E-state index contributed by atoms with van der Waals surface area (Å²) < 4.78 is 24.2. The molecule has 1 saturated heterocycles. The molecule has 172 valence electrons. The second-order valence-corrected chi connectivity index (χ2v) is 10.3. The molecule has 33 heavy (non-hydrogen) atoms. The van der Waals surface area contributed by atoms with Crippen molar-refractivity contribution in [3.05, 3.63) is 105 Å². The predicted octanol–water partition coefficient (Wildman–Crippen LogP) is 4.33. The molecule has 4 rings (SSSR count). The minimum Gasteiger partial charge on any atom is -0.262 e. The van der Waals surface area contributed by atoms with Crippen molar-refractivity contribution >= 4 is 10.2 Å². The molecule has 0 amide bonds. The van der Waals surface area contributed by atoms with Gasteiger partial charge in [-0.1, -0.05) is 53.7 Å². The van der Waals surface area contributed by atoms with Crippen molar-refractivity contribution in [1.29, 1.82) is 0 Å². The van der Waals surface area contributed by atoms with E-state index in [4.69, 9.17) is 5.14 Å². The molecule has 1 aliphatic rings. The van der Waals surface area contributed by atoms with Crippen LogP contribution in [0.2, 0.25) is 0 Å². The van der Waals surface area contributed by atoms with E-state index in [1.54, 1.807) is 6.20 Å². The highest BCUT2D eigenvalue weighted by atomic mass is 32.2. The first-order chi connectivity index (χ1) is 15.8. The van der Waals surface area contributed by atoms with Gasteiger partial charge in [-0.3, -0.25) is 4.98 Å². The molecule has 1 aliphatic heterocycles. The Morgan fingerprint density at radius 2 is 1.76 bits per heavy atom. The Morgan fingerprint density at radius 3 is 2.36 bits per heavy atom. The van der Waals surface area contributed by atoms with Crippen LogP contribution in [0.25, 0.3) is 0 Å². The summed E-state index contributed by atoms with van der Waals surface area (Å²) in [6.07, 6.45) is 2.25. The maximum absolute atomic E-state index is 11.9. The molecule has 0 spiro atoms. The monoisotopic (exact) mass is 464 g/mol. The third-order valence-corrected chi connectivity index (χ3v) is 7.49. The molecule has 1 fully saturated rings. The summed E-state index contributed by atoms with van der Waals surface area (Å²) in [6.45, 7) is 4.78. The van der Waals surface area contributed by atoms with Crippen LogP contribution in [0.15, 0.2) is 72.0 Å². The number of nitrogens with zero attached hydrogens (tertiary/aromatic N) is 3. The zero-order valence-corrected chi connectivity index (χ0v) is 19.6. The van der Waals surface area contributed by atoms with Gasteiger partial charge in [0.05, 0.1) is 0 Å². The van der Waals surface area contributed by atoms with E-state index in [9.17, 15) is 13.3 Å². The van der Waals surface area contributed by atoms with Crippen molar-refractivity contribution in [1.82, 2.24) is 9.29 Å². The first-order valence-corrected chi connectivity index (χ1v) is 12.4. The summed E-state index contributed by atoms with van der Waals surface area (Å²) >= 11 is 0. The lowest BCUT2D eigenvalue weighted by Crippen LogP contribution is -2.51. The van der Waals surface area contributed by atoms with Crippen molar-refractivity contribution < 1.29 is 8.42 Å². The molecule has 1 unspecified atom stereocenters. The van der Waals surface area contributed by atoms with Gasteiger partial charge in [0, 0.05) is 36.8 Å². The van der Waals surface area contributed by atoms with Gasteiger partial charge in [-0.25, -0.2) is 5.14 Å². The van der Waals surface area contributed by atoms with Gasteiger partial charge in [-0.15, -0.1) is 0 Å². The van der Waals surface area contributed by atoms with Crippen molar-refractivity contribution in [3.63, 3.8) is 0 Å². The van der Waals surface area contributed by atoms with Crippen molar-refractivity contribution in [2.45, 2.75) is 38.1 Å². The molecule has 2 aromatic carbocycles. The minimum atomic E-state index is -3.63. The molecule has 0 saturated carbocycles. The van der Waals surface area contributed by atoms with Gasteiger partial charge < -0.3 is 0 Å². The maximum Gasteiger partial charge on any atom is 0.276 e. The summed E-state index contributed by atoms with van der Waals surface area (Å²) in [4.78, 5) is 16.1. The van der Waals surface area contributed by atoms with Gasteiger partial charge in [0.25, 0.3) is 10.2 Å². The van der Waals surface area contributed by atoms with Crippen LogP contribution in [0.3, 0.4) is 0 Å². The zero-order valence-electron chi connectivity index (χ0n) is 18.8. The Hall–Kier alpha value is -2.94. The first kappa shape index (κ1) is 23.2. The molecule has 0 aliphatic carbocycles. The second-order valence-electron chi connectivity index (χ2n) is 8.72. The fourth-order valence-electron chi connectivity index (χ4n) is 4.52. The molecule has 7 nitrogen and oxygen atoms in total. The summed E-state index contributed by atoms with van der Waals surface area (Å²) in [5, 5.41) is 8.67. The fraction of sp³-hybridized carbons (Fsp3) is 0.320. The standard InChI is InChI=1S/C25H28N4O3S/c1-17-5-3-4-6-23(17)24(14-25(28-30)21-11-12-27-18(2)13-21)20-9-7-19(8-10-20)22-15-29(16-22)33(26,31)32/h3-13,22,24-25H,14-16H2,1-2H3,(H2,26,31,32)/t24-,25?/m1/s1. The molecule has 3 aromatic rings. The molecular formula is C25H28N4O3S. The van der Waals surface area contributed by atoms with Gasteiger partial charge in [0.15, 0.2) is 0 Å². The summed E-state index contributed by atoms with van der Waals surface area (Å²) in [5.41, 5.74) is 6.21. The van der Waals surface area contributed by atoms with E-state index in [1.165, 1.54) is 4.31 Å². The highest BCUT2D eigenvalue weighted by Gasteiger charge is 2.34. The highest BCUT2D eigenvalue weighted by Crippen LogP contribution is 2.38. The third-order valence-electron chi connectivity index (χ3n) is 6.47. The summed E-state index contributed by atoms with van der Waals surface area (Å²) in [7, 11) is -3.63. The molecule has 2 heterocycles.